The largest absolute Gasteiger partial charge is 0.497 e. The van der Waals surface area contributed by atoms with Crippen LogP contribution in [-0.4, -0.2) is 29.9 Å². The molecule has 2 aromatic rings. The van der Waals surface area contributed by atoms with Crippen molar-refractivity contribution in [1.82, 2.24) is 4.90 Å². The van der Waals surface area contributed by atoms with Gasteiger partial charge in [-0.25, -0.2) is 4.90 Å². The topological polar surface area (TPSA) is 49.9 Å². The maximum absolute atomic E-state index is 13.4. The van der Waals surface area contributed by atoms with Crippen molar-refractivity contribution in [2.75, 3.05) is 12.0 Å². The number of hydrogen-bond donors (Lipinski definition) is 0. The monoisotopic (exact) mass is 362 g/mol. The Hall–Kier alpha value is -2.66. The van der Waals surface area contributed by atoms with Crippen molar-refractivity contribution in [2.24, 2.45) is 11.8 Å². The minimum atomic E-state index is -0.304. The lowest BCUT2D eigenvalue weighted by Crippen LogP contribution is -2.38. The highest BCUT2D eigenvalue weighted by Crippen LogP contribution is 2.63. The minimum Gasteiger partial charge on any atom is -0.497 e. The molecule has 0 N–H and O–H groups in total. The van der Waals surface area contributed by atoms with Crippen molar-refractivity contribution < 1.29 is 14.3 Å². The van der Waals surface area contributed by atoms with Crippen LogP contribution in [-0.2, 0) is 9.59 Å². The van der Waals surface area contributed by atoms with Gasteiger partial charge in [-0.15, -0.1) is 0 Å². The standard InChI is InChI=1S/C22H22N2O3/c1-12(2)23-19-15-6-4-5-7-16(15)20(23)18-17(19)21(25)24(22(18)26)13-8-10-14(27-3)11-9-13/h4-12,17-20H,1-3H3/t17-,18+,19-,20+. The van der Waals surface area contributed by atoms with Gasteiger partial charge in [0, 0.05) is 18.1 Å². The summed E-state index contributed by atoms with van der Waals surface area (Å²) < 4.78 is 5.19. The van der Waals surface area contributed by atoms with E-state index in [1.54, 1.807) is 31.4 Å². The summed E-state index contributed by atoms with van der Waals surface area (Å²) in [6, 6.07) is 15.6. The van der Waals surface area contributed by atoms with E-state index in [2.05, 4.69) is 30.9 Å². The molecule has 4 atom stereocenters. The molecule has 2 aromatic carbocycles. The van der Waals surface area contributed by atoms with Crippen molar-refractivity contribution in [3.8, 4) is 5.75 Å². The first-order chi connectivity index (χ1) is 13.0. The molecule has 5 rings (SSSR count). The summed E-state index contributed by atoms with van der Waals surface area (Å²) in [6.45, 7) is 4.28. The number of carbonyl (C=O) groups is 2. The Bertz CT molecular complexity index is 888. The van der Waals surface area contributed by atoms with Crippen molar-refractivity contribution in [1.29, 1.82) is 0 Å². The lowest BCUT2D eigenvalue weighted by Gasteiger charge is -2.29. The summed E-state index contributed by atoms with van der Waals surface area (Å²) >= 11 is 0. The van der Waals surface area contributed by atoms with Gasteiger partial charge in [0.2, 0.25) is 11.8 Å². The third-order valence-electron chi connectivity index (χ3n) is 6.28. The average Bonchev–Trinajstić information content (AvgIpc) is 3.28. The van der Waals surface area contributed by atoms with E-state index in [1.807, 2.05) is 12.1 Å². The van der Waals surface area contributed by atoms with Gasteiger partial charge in [0.1, 0.15) is 5.75 Å². The van der Waals surface area contributed by atoms with Gasteiger partial charge in [-0.3, -0.25) is 14.5 Å². The second-order valence-corrected chi connectivity index (χ2v) is 7.82. The molecule has 0 unspecified atom stereocenters. The van der Waals surface area contributed by atoms with E-state index in [9.17, 15) is 9.59 Å². The summed E-state index contributed by atoms with van der Waals surface area (Å²) in [5, 5.41) is 0. The number of carbonyl (C=O) groups excluding carboxylic acids is 2. The number of rotatable bonds is 3. The first kappa shape index (κ1) is 16.5. The first-order valence-electron chi connectivity index (χ1n) is 9.42. The minimum absolute atomic E-state index is 0.0177. The van der Waals surface area contributed by atoms with Gasteiger partial charge < -0.3 is 4.74 Å². The van der Waals surface area contributed by atoms with Crippen molar-refractivity contribution in [3.05, 3.63) is 59.7 Å². The molecule has 3 aliphatic heterocycles. The van der Waals surface area contributed by atoms with Gasteiger partial charge in [-0.05, 0) is 49.2 Å². The highest BCUT2D eigenvalue weighted by atomic mass is 16.5. The smallest absolute Gasteiger partial charge is 0.239 e. The lowest BCUT2D eigenvalue weighted by atomic mass is 9.77. The number of methoxy groups -OCH3 is 1. The summed E-state index contributed by atoms with van der Waals surface area (Å²) in [4.78, 5) is 30.5. The summed E-state index contributed by atoms with van der Waals surface area (Å²) in [7, 11) is 1.60. The number of ether oxygens (including phenoxy) is 1. The molecule has 3 aliphatic rings. The predicted molar refractivity (Wildman–Crippen MR) is 101 cm³/mol. The van der Waals surface area contributed by atoms with Gasteiger partial charge in [-0.2, -0.15) is 0 Å². The maximum atomic E-state index is 13.4. The first-order valence-corrected chi connectivity index (χ1v) is 9.42. The Morgan fingerprint density at radius 1 is 0.852 bits per heavy atom. The van der Waals surface area contributed by atoms with Crippen molar-refractivity contribution in [3.63, 3.8) is 0 Å². The van der Waals surface area contributed by atoms with Crippen LogP contribution in [0.4, 0.5) is 5.69 Å². The molecule has 3 heterocycles. The Morgan fingerprint density at radius 3 is 1.81 bits per heavy atom. The predicted octanol–water partition coefficient (Wildman–Crippen LogP) is 3.32. The van der Waals surface area contributed by atoms with E-state index in [0.29, 0.717) is 11.4 Å². The zero-order chi connectivity index (χ0) is 18.9. The van der Waals surface area contributed by atoms with E-state index in [1.165, 1.54) is 16.0 Å². The van der Waals surface area contributed by atoms with Gasteiger partial charge >= 0.3 is 0 Å². The number of amides is 2. The fourth-order valence-electron chi connectivity index (χ4n) is 5.31. The molecular formula is C22H22N2O3. The van der Waals surface area contributed by atoms with Crippen LogP contribution in [0.3, 0.4) is 0 Å². The maximum Gasteiger partial charge on any atom is 0.239 e. The number of anilines is 1. The van der Waals surface area contributed by atoms with E-state index < -0.39 is 0 Å². The van der Waals surface area contributed by atoms with E-state index >= 15 is 0 Å². The quantitative estimate of drug-likeness (QED) is 0.786. The number of imide groups is 1. The molecule has 2 amide bonds. The molecule has 0 aromatic heterocycles. The molecular weight excluding hydrogens is 340 g/mol. The SMILES string of the molecule is COc1ccc(N2C(=O)[C@@H]3[C@H](C2=O)[C@@H]2c4ccccc4[C@H]3N2C(C)C)cc1. The van der Waals surface area contributed by atoms with Crippen LogP contribution >= 0.6 is 0 Å². The van der Waals surface area contributed by atoms with Crippen LogP contribution < -0.4 is 9.64 Å². The van der Waals surface area contributed by atoms with Crippen LogP contribution in [0.2, 0.25) is 0 Å². The van der Waals surface area contributed by atoms with Crippen LogP contribution in [0.15, 0.2) is 48.5 Å². The number of hydrogen-bond acceptors (Lipinski definition) is 4. The highest BCUT2D eigenvalue weighted by molar-refractivity contribution is 6.23. The molecule has 2 saturated heterocycles. The molecule has 0 saturated carbocycles. The second-order valence-electron chi connectivity index (χ2n) is 7.82. The molecule has 5 nitrogen and oxygen atoms in total. The molecule has 0 spiro atoms. The lowest BCUT2D eigenvalue weighted by molar-refractivity contribution is -0.124. The van der Waals surface area contributed by atoms with Gasteiger partial charge in [0.25, 0.3) is 0 Å². The van der Waals surface area contributed by atoms with Gasteiger partial charge in [-0.1, -0.05) is 24.3 Å². The summed E-state index contributed by atoms with van der Waals surface area (Å²) in [5.74, 6) is -0.0639. The summed E-state index contributed by atoms with van der Waals surface area (Å²) in [6.07, 6.45) is 0. The van der Waals surface area contributed by atoms with Gasteiger partial charge in [0.15, 0.2) is 0 Å². The normalized spacial score (nSPS) is 28.8. The van der Waals surface area contributed by atoms with Crippen LogP contribution in [0.1, 0.15) is 37.1 Å². The molecule has 138 valence electrons. The van der Waals surface area contributed by atoms with E-state index in [4.69, 9.17) is 4.74 Å². The third kappa shape index (κ3) is 2.03. The molecule has 2 bridgehead atoms. The van der Waals surface area contributed by atoms with Crippen LogP contribution in [0, 0.1) is 11.8 Å². The van der Waals surface area contributed by atoms with Gasteiger partial charge in [0.05, 0.1) is 24.6 Å². The Labute approximate surface area is 158 Å². The average molecular weight is 362 g/mol. The third-order valence-corrected chi connectivity index (χ3v) is 6.28. The zero-order valence-electron chi connectivity index (χ0n) is 15.6. The number of benzene rings is 2. The van der Waals surface area contributed by atoms with Crippen molar-refractivity contribution in [2.45, 2.75) is 32.0 Å². The molecule has 0 aliphatic carbocycles. The fraction of sp³-hybridized carbons (Fsp3) is 0.364. The Morgan fingerprint density at radius 2 is 1.37 bits per heavy atom. The molecule has 2 fully saturated rings. The van der Waals surface area contributed by atoms with E-state index in [-0.39, 0.29) is 41.8 Å². The number of fused-ring (bicyclic) bond motifs is 8. The Balaban J connectivity index is 1.59. The fourth-order valence-corrected chi connectivity index (χ4v) is 5.31. The highest BCUT2D eigenvalue weighted by Gasteiger charge is 2.66. The Kier molecular flexibility index (Phi) is 3.46. The second kappa shape index (κ2) is 5.67. The number of nitrogens with zero attached hydrogens (tertiary/aromatic N) is 2. The van der Waals surface area contributed by atoms with E-state index in [0.717, 1.165) is 0 Å². The summed E-state index contributed by atoms with van der Waals surface area (Å²) in [5.41, 5.74) is 3.03. The zero-order valence-corrected chi connectivity index (χ0v) is 15.6. The van der Waals surface area contributed by atoms with Crippen LogP contribution in [0.5, 0.6) is 5.75 Å². The molecule has 5 heteroatoms. The molecule has 0 radical (unpaired) electrons. The van der Waals surface area contributed by atoms with Crippen molar-refractivity contribution >= 4 is 17.5 Å². The molecule has 27 heavy (non-hydrogen) atoms. The van der Waals surface area contributed by atoms with Crippen LogP contribution in [0.25, 0.3) is 0 Å².